The number of carbonyl (C=O) groups excluding carboxylic acids is 2. The second kappa shape index (κ2) is 9.45. The molecule has 1 aliphatic rings. The van der Waals surface area contributed by atoms with E-state index < -0.39 is 6.61 Å². The third-order valence-electron chi connectivity index (χ3n) is 4.86. The lowest BCUT2D eigenvalue weighted by atomic mass is 9.91. The minimum atomic E-state index is -0.512. The molecule has 8 nitrogen and oxygen atoms in total. The highest BCUT2D eigenvalue weighted by molar-refractivity contribution is 5.77. The maximum atomic E-state index is 12.3. The summed E-state index contributed by atoms with van der Waals surface area (Å²) in [6.07, 6.45) is 3.99. The van der Waals surface area contributed by atoms with Gasteiger partial charge in [0, 0.05) is 30.5 Å². The van der Waals surface area contributed by atoms with Gasteiger partial charge in [-0.1, -0.05) is 28.9 Å². The molecule has 1 aromatic carbocycles. The van der Waals surface area contributed by atoms with E-state index in [4.69, 9.17) is 9.63 Å². The van der Waals surface area contributed by atoms with Crippen molar-refractivity contribution in [3.8, 4) is 11.4 Å². The number of carbonyl (C=O) groups is 2. The average molecular weight is 386 g/mol. The predicted molar refractivity (Wildman–Crippen MR) is 102 cm³/mol. The molecule has 1 aromatic heterocycles. The maximum Gasteiger partial charge on any atom is 0.245 e. The number of aromatic nitrogens is 2. The molecule has 0 unspecified atom stereocenters. The van der Waals surface area contributed by atoms with Crippen molar-refractivity contribution in [1.82, 2.24) is 20.8 Å². The monoisotopic (exact) mass is 386 g/mol. The molecule has 3 rings (SSSR count). The number of aliphatic hydroxyl groups excluding tert-OH is 1. The van der Waals surface area contributed by atoms with Crippen LogP contribution in [-0.4, -0.2) is 45.8 Å². The third-order valence-corrected chi connectivity index (χ3v) is 4.86. The largest absolute Gasteiger partial charge is 0.387 e. The zero-order chi connectivity index (χ0) is 19.9. The normalized spacial score (nSPS) is 19.2. The summed E-state index contributed by atoms with van der Waals surface area (Å²) in [6.45, 7) is 1.49. The van der Waals surface area contributed by atoms with Gasteiger partial charge in [-0.25, -0.2) is 0 Å². The lowest BCUT2D eigenvalue weighted by Gasteiger charge is -2.30. The molecule has 0 saturated heterocycles. The number of benzene rings is 1. The van der Waals surface area contributed by atoms with Gasteiger partial charge >= 0.3 is 0 Å². The van der Waals surface area contributed by atoms with Crippen LogP contribution in [0.2, 0.25) is 0 Å². The summed E-state index contributed by atoms with van der Waals surface area (Å²) in [5.41, 5.74) is 2.00. The van der Waals surface area contributed by atoms with Gasteiger partial charge < -0.3 is 20.3 Å². The van der Waals surface area contributed by atoms with Crippen LogP contribution in [0.3, 0.4) is 0 Å². The highest BCUT2D eigenvalue weighted by Crippen LogP contribution is 2.19. The van der Waals surface area contributed by atoms with Crippen molar-refractivity contribution in [2.45, 2.75) is 57.5 Å². The first-order valence-corrected chi connectivity index (χ1v) is 9.62. The number of hydrogen-bond acceptors (Lipinski definition) is 6. The van der Waals surface area contributed by atoms with E-state index in [2.05, 4.69) is 20.8 Å². The van der Waals surface area contributed by atoms with Crippen LogP contribution < -0.4 is 10.6 Å². The van der Waals surface area contributed by atoms with Gasteiger partial charge in [-0.15, -0.1) is 0 Å². The SMILES string of the molecule is Cc1cccc(-c2noc(CCC(=O)N[C@@H]3CCC[C@H](NC(=O)CO)C3)n2)c1. The highest BCUT2D eigenvalue weighted by Gasteiger charge is 2.24. The fourth-order valence-corrected chi connectivity index (χ4v) is 3.50. The zero-order valence-electron chi connectivity index (χ0n) is 16.0. The Kier molecular flexibility index (Phi) is 6.76. The molecule has 0 aliphatic heterocycles. The van der Waals surface area contributed by atoms with Crippen LogP contribution in [0.25, 0.3) is 11.4 Å². The van der Waals surface area contributed by atoms with E-state index in [0.29, 0.717) is 24.6 Å². The molecule has 150 valence electrons. The molecule has 2 amide bonds. The van der Waals surface area contributed by atoms with Gasteiger partial charge in [-0.2, -0.15) is 4.98 Å². The fourth-order valence-electron chi connectivity index (χ4n) is 3.50. The first-order valence-electron chi connectivity index (χ1n) is 9.62. The molecule has 8 heteroatoms. The Morgan fingerprint density at radius 1 is 1.21 bits per heavy atom. The van der Waals surface area contributed by atoms with Crippen LogP contribution in [-0.2, 0) is 16.0 Å². The van der Waals surface area contributed by atoms with Crippen molar-refractivity contribution in [3.63, 3.8) is 0 Å². The van der Waals surface area contributed by atoms with Crippen molar-refractivity contribution in [1.29, 1.82) is 0 Å². The Morgan fingerprint density at radius 2 is 1.96 bits per heavy atom. The van der Waals surface area contributed by atoms with E-state index in [0.717, 1.165) is 30.4 Å². The molecule has 28 heavy (non-hydrogen) atoms. The lowest BCUT2D eigenvalue weighted by molar-refractivity contribution is -0.124. The number of hydrogen-bond donors (Lipinski definition) is 3. The number of nitrogens with one attached hydrogen (secondary N) is 2. The van der Waals surface area contributed by atoms with E-state index in [9.17, 15) is 9.59 Å². The van der Waals surface area contributed by atoms with E-state index in [1.54, 1.807) is 0 Å². The Balaban J connectivity index is 1.46. The topological polar surface area (TPSA) is 117 Å². The van der Waals surface area contributed by atoms with E-state index in [1.807, 2.05) is 31.2 Å². The maximum absolute atomic E-state index is 12.3. The van der Waals surface area contributed by atoms with Crippen molar-refractivity contribution in [3.05, 3.63) is 35.7 Å². The van der Waals surface area contributed by atoms with Crippen molar-refractivity contribution in [2.75, 3.05) is 6.61 Å². The summed E-state index contributed by atoms with van der Waals surface area (Å²) < 4.78 is 5.26. The van der Waals surface area contributed by atoms with Crippen molar-refractivity contribution >= 4 is 11.8 Å². The van der Waals surface area contributed by atoms with E-state index in [1.165, 1.54) is 0 Å². The first kappa shape index (κ1) is 20.0. The van der Waals surface area contributed by atoms with Gasteiger partial charge in [0.15, 0.2) is 0 Å². The predicted octanol–water partition coefficient (Wildman–Crippen LogP) is 1.51. The molecule has 0 radical (unpaired) electrons. The van der Waals surface area contributed by atoms with Crippen molar-refractivity contribution in [2.24, 2.45) is 0 Å². The Labute approximate surface area is 163 Å². The molecule has 1 heterocycles. The van der Waals surface area contributed by atoms with Crippen LogP contribution in [0, 0.1) is 6.92 Å². The second-order valence-electron chi connectivity index (χ2n) is 7.23. The first-order chi connectivity index (χ1) is 13.5. The van der Waals surface area contributed by atoms with Crippen LogP contribution in [0.4, 0.5) is 0 Å². The van der Waals surface area contributed by atoms with Crippen LogP contribution in [0.5, 0.6) is 0 Å². The summed E-state index contributed by atoms with van der Waals surface area (Å²) in [5, 5.41) is 18.6. The third kappa shape index (κ3) is 5.63. The molecule has 1 fully saturated rings. The summed E-state index contributed by atoms with van der Waals surface area (Å²) in [7, 11) is 0. The van der Waals surface area contributed by atoms with E-state index >= 15 is 0 Å². The summed E-state index contributed by atoms with van der Waals surface area (Å²) >= 11 is 0. The summed E-state index contributed by atoms with van der Waals surface area (Å²) in [5.74, 6) is 0.504. The minimum Gasteiger partial charge on any atom is -0.387 e. The molecule has 1 saturated carbocycles. The van der Waals surface area contributed by atoms with Crippen molar-refractivity contribution < 1.29 is 19.2 Å². The fraction of sp³-hybridized carbons (Fsp3) is 0.500. The van der Waals surface area contributed by atoms with Gasteiger partial charge in [-0.05, 0) is 38.7 Å². The van der Waals surface area contributed by atoms with Gasteiger partial charge in [0.1, 0.15) is 6.61 Å². The summed E-state index contributed by atoms with van der Waals surface area (Å²) in [4.78, 5) is 27.9. The smallest absolute Gasteiger partial charge is 0.245 e. The average Bonchev–Trinajstić information content (AvgIpc) is 3.16. The molecule has 3 N–H and O–H groups in total. The molecule has 2 aromatic rings. The molecule has 1 aliphatic carbocycles. The van der Waals surface area contributed by atoms with Gasteiger partial charge in [0.25, 0.3) is 0 Å². The molecule has 2 atom stereocenters. The van der Waals surface area contributed by atoms with Gasteiger partial charge in [0.2, 0.25) is 23.5 Å². The van der Waals surface area contributed by atoms with Crippen LogP contribution >= 0.6 is 0 Å². The Bertz CT molecular complexity index is 820. The molecule has 0 spiro atoms. The number of amides is 2. The van der Waals surface area contributed by atoms with Crippen LogP contribution in [0.15, 0.2) is 28.8 Å². The second-order valence-corrected chi connectivity index (χ2v) is 7.23. The van der Waals surface area contributed by atoms with Gasteiger partial charge in [0.05, 0.1) is 0 Å². The minimum absolute atomic E-state index is 0.00784. The molecule has 0 bridgehead atoms. The van der Waals surface area contributed by atoms with Crippen LogP contribution in [0.1, 0.15) is 43.6 Å². The zero-order valence-corrected chi connectivity index (χ0v) is 16.0. The Morgan fingerprint density at radius 3 is 2.68 bits per heavy atom. The summed E-state index contributed by atoms with van der Waals surface area (Å²) in [6, 6.07) is 7.86. The lowest BCUT2D eigenvalue weighted by Crippen LogP contribution is -2.46. The van der Waals surface area contributed by atoms with E-state index in [-0.39, 0.29) is 30.3 Å². The number of nitrogens with zero attached hydrogens (tertiary/aromatic N) is 2. The Hall–Kier alpha value is -2.74. The standard InChI is InChI=1S/C20H26N4O4/c1-13-4-2-5-14(10-13)20-23-19(28-24-20)9-8-17(26)21-15-6-3-7-16(11-15)22-18(27)12-25/h2,4-5,10,15-16,25H,3,6-9,11-12H2,1H3,(H,21,26)(H,22,27)/t15-,16+/m1/s1. The highest BCUT2D eigenvalue weighted by atomic mass is 16.5. The molecular weight excluding hydrogens is 360 g/mol. The number of aryl methyl sites for hydroxylation is 2. The number of aliphatic hydroxyl groups is 1. The van der Waals surface area contributed by atoms with Gasteiger partial charge in [-0.3, -0.25) is 9.59 Å². The quantitative estimate of drug-likeness (QED) is 0.664. The molecular formula is C20H26N4O4. The number of rotatable bonds is 7.